The molecular formula is C13H12ClN3O. The number of H-pyrrole nitrogens is 1. The molecule has 0 aliphatic carbocycles. The Labute approximate surface area is 109 Å². The summed E-state index contributed by atoms with van der Waals surface area (Å²) in [7, 11) is 0. The molecule has 0 amide bonds. The maximum absolute atomic E-state index is 11.7. The topological polar surface area (TPSA) is 57.8 Å². The lowest BCUT2D eigenvalue weighted by Gasteiger charge is -2.25. The van der Waals surface area contributed by atoms with E-state index in [1.807, 2.05) is 24.3 Å². The minimum Gasteiger partial charge on any atom is -0.372 e. The van der Waals surface area contributed by atoms with Crippen molar-refractivity contribution < 1.29 is 0 Å². The van der Waals surface area contributed by atoms with Crippen LogP contribution in [0.25, 0.3) is 0 Å². The fourth-order valence-corrected chi connectivity index (χ4v) is 2.37. The molecule has 3 rings (SSSR count). The molecule has 0 radical (unpaired) electrons. The molecule has 0 saturated carbocycles. The second-order valence-electron chi connectivity index (χ2n) is 4.34. The van der Waals surface area contributed by atoms with E-state index in [1.165, 1.54) is 6.33 Å². The van der Waals surface area contributed by atoms with E-state index in [2.05, 4.69) is 15.3 Å². The van der Waals surface area contributed by atoms with Crippen molar-refractivity contribution in [3.8, 4) is 0 Å². The number of aryl methyl sites for hydroxylation is 1. The Morgan fingerprint density at radius 1 is 1.28 bits per heavy atom. The first-order valence-corrected chi connectivity index (χ1v) is 6.20. The first-order valence-electron chi connectivity index (χ1n) is 5.82. The number of benzene rings is 1. The van der Waals surface area contributed by atoms with Gasteiger partial charge in [-0.15, -0.1) is 0 Å². The molecule has 0 saturated heterocycles. The van der Waals surface area contributed by atoms with Gasteiger partial charge >= 0.3 is 0 Å². The fourth-order valence-electron chi connectivity index (χ4n) is 2.25. The van der Waals surface area contributed by atoms with Gasteiger partial charge in [0.1, 0.15) is 5.69 Å². The SMILES string of the molecule is O=c1[nH]cnc2c1NC(c1ccc(Cl)cc1)CC2. The molecule has 1 atom stereocenters. The zero-order valence-corrected chi connectivity index (χ0v) is 10.4. The zero-order chi connectivity index (χ0) is 12.5. The van der Waals surface area contributed by atoms with Gasteiger partial charge in [0.05, 0.1) is 18.1 Å². The number of hydrogen-bond donors (Lipinski definition) is 2. The normalized spacial score (nSPS) is 17.9. The van der Waals surface area contributed by atoms with Gasteiger partial charge in [0.15, 0.2) is 0 Å². The number of hydrogen-bond acceptors (Lipinski definition) is 3. The monoisotopic (exact) mass is 261 g/mol. The molecule has 2 aromatic rings. The van der Waals surface area contributed by atoms with Gasteiger partial charge in [-0.05, 0) is 30.5 Å². The Hall–Kier alpha value is -1.81. The van der Waals surface area contributed by atoms with Crippen LogP contribution in [-0.4, -0.2) is 9.97 Å². The van der Waals surface area contributed by atoms with Crippen LogP contribution < -0.4 is 10.9 Å². The highest BCUT2D eigenvalue weighted by molar-refractivity contribution is 6.30. The van der Waals surface area contributed by atoms with Crippen molar-refractivity contribution >= 4 is 17.3 Å². The van der Waals surface area contributed by atoms with Crippen LogP contribution in [0.5, 0.6) is 0 Å². The van der Waals surface area contributed by atoms with Gasteiger partial charge in [-0.1, -0.05) is 23.7 Å². The van der Waals surface area contributed by atoms with Crippen LogP contribution in [0.3, 0.4) is 0 Å². The van der Waals surface area contributed by atoms with Gasteiger partial charge in [0.25, 0.3) is 5.56 Å². The molecule has 5 heteroatoms. The van der Waals surface area contributed by atoms with Crippen molar-refractivity contribution in [3.05, 3.63) is 57.2 Å². The Balaban J connectivity index is 1.93. The Morgan fingerprint density at radius 2 is 2.06 bits per heavy atom. The molecule has 1 unspecified atom stereocenters. The fraction of sp³-hybridized carbons (Fsp3) is 0.231. The smallest absolute Gasteiger partial charge is 0.274 e. The molecule has 1 aromatic heterocycles. The number of halogens is 1. The standard InChI is InChI=1S/C13H12ClN3O/c14-9-3-1-8(2-4-9)10-5-6-11-12(17-10)13(18)16-7-15-11/h1-4,7,10,17H,5-6H2,(H,15,16,18). The molecule has 1 aliphatic heterocycles. The maximum atomic E-state index is 11.7. The van der Waals surface area contributed by atoms with E-state index in [4.69, 9.17) is 11.6 Å². The van der Waals surface area contributed by atoms with E-state index < -0.39 is 0 Å². The van der Waals surface area contributed by atoms with Crippen molar-refractivity contribution in [3.63, 3.8) is 0 Å². The second-order valence-corrected chi connectivity index (χ2v) is 4.78. The number of fused-ring (bicyclic) bond motifs is 1. The lowest BCUT2D eigenvalue weighted by atomic mass is 9.97. The van der Waals surface area contributed by atoms with E-state index in [9.17, 15) is 4.79 Å². The van der Waals surface area contributed by atoms with E-state index in [0.717, 1.165) is 29.1 Å². The van der Waals surface area contributed by atoms with Gasteiger partial charge < -0.3 is 10.3 Å². The van der Waals surface area contributed by atoms with E-state index >= 15 is 0 Å². The zero-order valence-electron chi connectivity index (χ0n) is 9.61. The van der Waals surface area contributed by atoms with Crippen LogP contribution in [0.4, 0.5) is 5.69 Å². The number of anilines is 1. The molecule has 1 aromatic carbocycles. The van der Waals surface area contributed by atoms with Crippen LogP contribution in [0.15, 0.2) is 35.4 Å². The number of aromatic amines is 1. The lowest BCUT2D eigenvalue weighted by molar-refractivity contribution is 0.650. The third-order valence-corrected chi connectivity index (χ3v) is 3.44. The number of nitrogens with zero attached hydrogens (tertiary/aromatic N) is 1. The predicted molar refractivity (Wildman–Crippen MR) is 71.0 cm³/mol. The van der Waals surface area contributed by atoms with Gasteiger partial charge in [0, 0.05) is 5.02 Å². The molecule has 0 bridgehead atoms. The first-order chi connectivity index (χ1) is 8.74. The first kappa shape index (κ1) is 11.3. The second kappa shape index (κ2) is 4.46. The third kappa shape index (κ3) is 1.99. The average molecular weight is 262 g/mol. The summed E-state index contributed by atoms with van der Waals surface area (Å²) < 4.78 is 0. The van der Waals surface area contributed by atoms with Crippen LogP contribution >= 0.6 is 11.6 Å². The highest BCUT2D eigenvalue weighted by Gasteiger charge is 2.21. The maximum Gasteiger partial charge on any atom is 0.274 e. The third-order valence-electron chi connectivity index (χ3n) is 3.19. The Kier molecular flexibility index (Phi) is 2.80. The number of rotatable bonds is 1. The average Bonchev–Trinajstić information content (AvgIpc) is 2.40. The van der Waals surface area contributed by atoms with E-state index in [1.54, 1.807) is 0 Å². The molecule has 1 aliphatic rings. The summed E-state index contributed by atoms with van der Waals surface area (Å²) in [5, 5.41) is 3.97. The summed E-state index contributed by atoms with van der Waals surface area (Å²) in [6.07, 6.45) is 3.18. The van der Waals surface area contributed by atoms with Crippen LogP contribution in [0.1, 0.15) is 23.7 Å². The van der Waals surface area contributed by atoms with Crippen molar-refractivity contribution in [2.75, 3.05) is 5.32 Å². The van der Waals surface area contributed by atoms with Crippen LogP contribution in [0.2, 0.25) is 5.02 Å². The molecule has 2 N–H and O–H groups in total. The van der Waals surface area contributed by atoms with Gasteiger partial charge in [0.2, 0.25) is 0 Å². The van der Waals surface area contributed by atoms with Crippen molar-refractivity contribution in [2.45, 2.75) is 18.9 Å². The van der Waals surface area contributed by atoms with Crippen molar-refractivity contribution in [1.82, 2.24) is 9.97 Å². The molecule has 2 heterocycles. The number of nitrogens with one attached hydrogen (secondary N) is 2. The van der Waals surface area contributed by atoms with Crippen molar-refractivity contribution in [1.29, 1.82) is 0 Å². The molecular weight excluding hydrogens is 250 g/mol. The molecule has 92 valence electrons. The molecule has 4 nitrogen and oxygen atoms in total. The van der Waals surface area contributed by atoms with Gasteiger partial charge in [-0.3, -0.25) is 4.79 Å². The van der Waals surface area contributed by atoms with Crippen molar-refractivity contribution in [2.24, 2.45) is 0 Å². The highest BCUT2D eigenvalue weighted by Crippen LogP contribution is 2.29. The summed E-state index contributed by atoms with van der Waals surface area (Å²) in [4.78, 5) is 18.5. The summed E-state index contributed by atoms with van der Waals surface area (Å²) >= 11 is 5.87. The molecule has 0 spiro atoms. The van der Waals surface area contributed by atoms with Gasteiger partial charge in [-0.2, -0.15) is 0 Å². The summed E-state index contributed by atoms with van der Waals surface area (Å²) in [5.74, 6) is 0. The van der Waals surface area contributed by atoms with Crippen LogP contribution in [-0.2, 0) is 6.42 Å². The lowest BCUT2D eigenvalue weighted by Crippen LogP contribution is -2.25. The highest BCUT2D eigenvalue weighted by atomic mass is 35.5. The predicted octanol–water partition coefficient (Wildman–Crippen LogP) is 2.52. The van der Waals surface area contributed by atoms with Gasteiger partial charge in [-0.25, -0.2) is 4.98 Å². The Bertz CT molecular complexity index is 621. The largest absolute Gasteiger partial charge is 0.372 e. The molecule has 0 fully saturated rings. The number of aromatic nitrogens is 2. The summed E-state index contributed by atoms with van der Waals surface area (Å²) in [6, 6.07) is 7.83. The minimum atomic E-state index is -0.112. The van der Waals surface area contributed by atoms with E-state index in [-0.39, 0.29) is 11.6 Å². The molecule has 18 heavy (non-hydrogen) atoms. The summed E-state index contributed by atoms with van der Waals surface area (Å²) in [6.45, 7) is 0. The van der Waals surface area contributed by atoms with Crippen LogP contribution in [0, 0.1) is 0 Å². The quantitative estimate of drug-likeness (QED) is 0.829. The van der Waals surface area contributed by atoms with E-state index in [0.29, 0.717) is 5.69 Å². The Morgan fingerprint density at radius 3 is 2.83 bits per heavy atom. The summed E-state index contributed by atoms with van der Waals surface area (Å²) in [5.41, 5.74) is 2.44. The minimum absolute atomic E-state index is 0.112.